The molecule has 136 valence electrons. The summed E-state index contributed by atoms with van der Waals surface area (Å²) < 4.78 is 11.1. The van der Waals surface area contributed by atoms with Gasteiger partial charge in [-0.1, -0.05) is 12.1 Å². The molecular weight excluding hydrogens is 348 g/mol. The van der Waals surface area contributed by atoms with Crippen molar-refractivity contribution in [3.8, 4) is 5.75 Å². The number of nitrogens with zero attached hydrogens (tertiary/aromatic N) is 1. The zero-order valence-electron chi connectivity index (χ0n) is 15.2. The Kier molecular flexibility index (Phi) is 4.53. The molecular formula is C20H22N2O3S. The second-order valence-corrected chi connectivity index (χ2v) is 8.14. The first-order valence-corrected chi connectivity index (χ1v) is 9.69. The van der Waals surface area contributed by atoms with Gasteiger partial charge in [0.1, 0.15) is 11.5 Å². The normalized spacial score (nSPS) is 21.0. The van der Waals surface area contributed by atoms with Gasteiger partial charge in [0.05, 0.1) is 18.2 Å². The van der Waals surface area contributed by atoms with E-state index in [1.165, 1.54) is 0 Å². The van der Waals surface area contributed by atoms with Crippen LogP contribution in [-0.4, -0.2) is 23.3 Å². The molecule has 0 fully saturated rings. The Labute approximate surface area is 157 Å². The molecule has 1 aliphatic heterocycles. The first-order valence-electron chi connectivity index (χ1n) is 8.81. The van der Waals surface area contributed by atoms with Crippen molar-refractivity contribution in [2.24, 2.45) is 4.99 Å². The maximum Gasteiger partial charge on any atom is 0.287 e. The topological polar surface area (TPSA) is 63.8 Å². The van der Waals surface area contributed by atoms with E-state index in [0.717, 1.165) is 46.1 Å². The summed E-state index contributed by atoms with van der Waals surface area (Å²) in [7, 11) is 1.64. The fourth-order valence-corrected chi connectivity index (χ4v) is 4.89. The van der Waals surface area contributed by atoms with Crippen LogP contribution >= 0.6 is 11.8 Å². The van der Waals surface area contributed by atoms with E-state index < -0.39 is 0 Å². The molecule has 2 aromatic rings. The zero-order chi connectivity index (χ0) is 18.3. The molecule has 0 radical (unpaired) electrons. The Bertz CT molecular complexity index is 870. The van der Waals surface area contributed by atoms with E-state index >= 15 is 0 Å². The van der Waals surface area contributed by atoms with Crippen LogP contribution in [0.2, 0.25) is 0 Å². The molecule has 0 bridgehead atoms. The summed E-state index contributed by atoms with van der Waals surface area (Å²) in [5.74, 6) is 1.98. The zero-order valence-corrected chi connectivity index (χ0v) is 16.0. The average molecular weight is 370 g/mol. The second kappa shape index (κ2) is 6.83. The number of fused-ring (bicyclic) bond motifs is 3. The van der Waals surface area contributed by atoms with E-state index in [0.29, 0.717) is 17.6 Å². The van der Waals surface area contributed by atoms with Gasteiger partial charge >= 0.3 is 0 Å². The lowest BCUT2D eigenvalue weighted by atomic mass is 9.90. The molecule has 1 aliphatic carbocycles. The van der Waals surface area contributed by atoms with Gasteiger partial charge in [-0.3, -0.25) is 9.79 Å². The smallest absolute Gasteiger partial charge is 0.287 e. The van der Waals surface area contributed by atoms with Crippen LogP contribution in [0.25, 0.3) is 0 Å². The maximum atomic E-state index is 12.7. The van der Waals surface area contributed by atoms with Crippen LogP contribution in [0.4, 0.5) is 0 Å². The summed E-state index contributed by atoms with van der Waals surface area (Å²) in [6.07, 6.45) is 1.92. The highest BCUT2D eigenvalue weighted by Gasteiger charge is 2.39. The first-order chi connectivity index (χ1) is 12.6. The maximum absolute atomic E-state index is 12.7. The molecule has 2 aliphatic rings. The number of aliphatic imine (C=N–C) groups is 1. The van der Waals surface area contributed by atoms with E-state index in [9.17, 15) is 4.79 Å². The summed E-state index contributed by atoms with van der Waals surface area (Å²) >= 11 is 1.85. The van der Waals surface area contributed by atoms with Gasteiger partial charge in [-0.25, -0.2) is 0 Å². The standard InChI is InChI=1S/C20H22N2O3S/c1-11-17-15(8-9-16-18(17)22-12(2)26-16)25-19(11)20(23)21-10-13-4-6-14(24-3)7-5-13/h4-7,16,18H,8-10H2,1-3H3,(H,21,23)/t16-,18+/m1/s1. The molecule has 26 heavy (non-hydrogen) atoms. The number of carbonyl (C=O) groups excluding carboxylic acids is 1. The van der Waals surface area contributed by atoms with Crippen LogP contribution in [0.3, 0.4) is 0 Å². The van der Waals surface area contributed by atoms with Crippen molar-refractivity contribution in [3.63, 3.8) is 0 Å². The highest BCUT2D eigenvalue weighted by Crippen LogP contribution is 2.47. The minimum atomic E-state index is -0.171. The van der Waals surface area contributed by atoms with Crippen molar-refractivity contribution in [1.29, 1.82) is 0 Å². The van der Waals surface area contributed by atoms with E-state index in [-0.39, 0.29) is 11.9 Å². The average Bonchev–Trinajstić information content (AvgIpc) is 3.19. The Morgan fingerprint density at radius 2 is 2.12 bits per heavy atom. The number of hydrogen-bond donors (Lipinski definition) is 1. The molecule has 5 nitrogen and oxygen atoms in total. The number of rotatable bonds is 4. The molecule has 0 spiro atoms. The van der Waals surface area contributed by atoms with Crippen molar-refractivity contribution < 1.29 is 13.9 Å². The van der Waals surface area contributed by atoms with Gasteiger partial charge in [0.25, 0.3) is 5.91 Å². The Morgan fingerprint density at radius 3 is 2.85 bits per heavy atom. The van der Waals surface area contributed by atoms with E-state index in [2.05, 4.69) is 12.2 Å². The lowest BCUT2D eigenvalue weighted by molar-refractivity contribution is 0.0920. The number of carbonyl (C=O) groups is 1. The summed E-state index contributed by atoms with van der Waals surface area (Å²) in [6, 6.07) is 7.79. The third kappa shape index (κ3) is 3.03. The summed E-state index contributed by atoms with van der Waals surface area (Å²) in [4.78, 5) is 17.4. The first kappa shape index (κ1) is 17.2. The number of benzene rings is 1. The number of furan rings is 1. The molecule has 1 aromatic heterocycles. The lowest BCUT2D eigenvalue weighted by Gasteiger charge is -2.22. The van der Waals surface area contributed by atoms with Crippen LogP contribution in [-0.2, 0) is 13.0 Å². The van der Waals surface area contributed by atoms with Gasteiger partial charge in [0.15, 0.2) is 5.76 Å². The second-order valence-electron chi connectivity index (χ2n) is 6.71. The molecule has 0 unspecified atom stereocenters. The third-order valence-corrected chi connectivity index (χ3v) is 6.28. The van der Waals surface area contributed by atoms with Crippen LogP contribution in [0.15, 0.2) is 33.7 Å². The molecule has 1 amide bonds. The van der Waals surface area contributed by atoms with Gasteiger partial charge in [-0.15, -0.1) is 11.8 Å². The monoisotopic (exact) mass is 370 g/mol. The quantitative estimate of drug-likeness (QED) is 0.882. The van der Waals surface area contributed by atoms with E-state index in [1.807, 2.05) is 43.0 Å². The predicted molar refractivity (Wildman–Crippen MR) is 103 cm³/mol. The SMILES string of the molecule is COc1ccc(CNC(=O)c2oc3c(c2C)[C@H]2N=C(C)S[C@@H]2CC3)cc1. The van der Waals surface area contributed by atoms with Crippen LogP contribution in [0.1, 0.15) is 52.4 Å². The van der Waals surface area contributed by atoms with Gasteiger partial charge in [-0.2, -0.15) is 0 Å². The van der Waals surface area contributed by atoms with Gasteiger partial charge in [0.2, 0.25) is 0 Å². The molecule has 1 aromatic carbocycles. The van der Waals surface area contributed by atoms with E-state index in [4.69, 9.17) is 14.1 Å². The Hall–Kier alpha value is -2.21. The number of nitrogens with one attached hydrogen (secondary N) is 1. The Morgan fingerprint density at radius 1 is 1.35 bits per heavy atom. The number of hydrogen-bond acceptors (Lipinski definition) is 5. The van der Waals surface area contributed by atoms with Crippen LogP contribution in [0.5, 0.6) is 5.75 Å². The van der Waals surface area contributed by atoms with Gasteiger partial charge in [0, 0.05) is 29.3 Å². The molecule has 0 saturated carbocycles. The Balaban J connectivity index is 1.51. The van der Waals surface area contributed by atoms with Crippen molar-refractivity contribution in [2.75, 3.05) is 7.11 Å². The number of thioether (sulfide) groups is 1. The van der Waals surface area contributed by atoms with Crippen LogP contribution in [0, 0.1) is 6.92 Å². The van der Waals surface area contributed by atoms with Crippen LogP contribution < -0.4 is 10.1 Å². The largest absolute Gasteiger partial charge is 0.497 e. The molecule has 2 atom stereocenters. The number of methoxy groups -OCH3 is 1. The molecule has 1 N–H and O–H groups in total. The summed E-state index contributed by atoms with van der Waals surface area (Å²) in [5, 5.41) is 4.56. The minimum absolute atomic E-state index is 0.135. The molecule has 6 heteroatoms. The fourth-order valence-electron chi connectivity index (χ4n) is 3.71. The molecule has 4 rings (SSSR count). The molecule has 0 saturated heterocycles. The summed E-state index contributed by atoms with van der Waals surface area (Å²) in [5.41, 5.74) is 3.07. The third-order valence-electron chi connectivity index (χ3n) is 5.04. The van der Waals surface area contributed by atoms with Crippen molar-refractivity contribution in [3.05, 3.63) is 52.5 Å². The van der Waals surface area contributed by atoms with Gasteiger partial charge < -0.3 is 14.5 Å². The van der Waals surface area contributed by atoms with Crippen molar-refractivity contribution in [1.82, 2.24) is 5.32 Å². The molecule has 2 heterocycles. The number of aryl methyl sites for hydroxylation is 1. The van der Waals surface area contributed by atoms with Crippen molar-refractivity contribution in [2.45, 2.75) is 44.5 Å². The fraction of sp³-hybridized carbons (Fsp3) is 0.400. The minimum Gasteiger partial charge on any atom is -0.497 e. The summed E-state index contributed by atoms with van der Waals surface area (Å²) in [6.45, 7) is 4.48. The highest BCUT2D eigenvalue weighted by atomic mass is 32.2. The lowest BCUT2D eigenvalue weighted by Crippen LogP contribution is -2.23. The van der Waals surface area contributed by atoms with Gasteiger partial charge in [-0.05, 0) is 38.0 Å². The van der Waals surface area contributed by atoms with Crippen molar-refractivity contribution >= 4 is 22.7 Å². The number of amides is 1. The predicted octanol–water partition coefficient (Wildman–Crippen LogP) is 4.05. The number of ether oxygens (including phenoxy) is 1. The van der Waals surface area contributed by atoms with E-state index in [1.54, 1.807) is 7.11 Å². The highest BCUT2D eigenvalue weighted by molar-refractivity contribution is 8.14.